The van der Waals surface area contributed by atoms with Crippen LogP contribution >= 0.6 is 35.7 Å². The maximum atomic E-state index is 12.4. The topological polar surface area (TPSA) is 74.2 Å². The predicted molar refractivity (Wildman–Crippen MR) is 129 cm³/mol. The highest BCUT2D eigenvalue weighted by molar-refractivity contribution is 14.0. The van der Waals surface area contributed by atoms with E-state index < -0.39 is 10.0 Å². The Morgan fingerprint density at radius 2 is 1.93 bits per heavy atom. The smallest absolute Gasteiger partial charge is 0.215 e. The number of ether oxygens (including phenoxy) is 1. The van der Waals surface area contributed by atoms with E-state index in [1.807, 2.05) is 43.1 Å². The monoisotopic (exact) mass is 542 g/mol. The quantitative estimate of drug-likeness (QED) is 0.308. The molecule has 0 unspecified atom stereocenters. The number of nitrogens with zero attached hydrogens (tertiary/aromatic N) is 3. The number of nitrogens with one attached hydrogen (secondary N) is 1. The Labute approximate surface area is 190 Å². The number of rotatable bonds is 8. The first-order valence-electron chi connectivity index (χ1n) is 9.15. The van der Waals surface area contributed by atoms with Crippen LogP contribution in [-0.2, 0) is 16.6 Å². The molecule has 0 spiro atoms. The molecule has 7 nitrogen and oxygen atoms in total. The van der Waals surface area contributed by atoms with Crippen molar-refractivity contribution in [3.63, 3.8) is 0 Å². The van der Waals surface area contributed by atoms with Crippen molar-refractivity contribution in [2.24, 2.45) is 4.99 Å². The molecule has 1 aromatic carbocycles. The van der Waals surface area contributed by atoms with Gasteiger partial charge in [-0.25, -0.2) is 12.7 Å². The molecular weight excluding hydrogens is 511 g/mol. The van der Waals surface area contributed by atoms with Gasteiger partial charge in [0.1, 0.15) is 5.75 Å². The lowest BCUT2D eigenvalue weighted by Crippen LogP contribution is -2.44. The van der Waals surface area contributed by atoms with E-state index in [0.717, 1.165) is 22.8 Å². The van der Waals surface area contributed by atoms with Crippen molar-refractivity contribution in [3.8, 4) is 5.75 Å². The zero-order valence-electron chi connectivity index (χ0n) is 16.8. The second-order valence-corrected chi connectivity index (χ2v) is 9.55. The normalized spacial score (nSPS) is 15.6. The summed E-state index contributed by atoms with van der Waals surface area (Å²) in [6, 6.07) is 7.94. The maximum absolute atomic E-state index is 12.4. The van der Waals surface area contributed by atoms with E-state index in [1.54, 1.807) is 23.1 Å². The first kappa shape index (κ1) is 25.3. The highest BCUT2D eigenvalue weighted by atomic mass is 127. The fourth-order valence-corrected chi connectivity index (χ4v) is 5.33. The Morgan fingerprint density at radius 1 is 1.29 bits per heavy atom. The van der Waals surface area contributed by atoms with Crippen LogP contribution < -0.4 is 10.1 Å². The first-order chi connectivity index (χ1) is 13.0. The van der Waals surface area contributed by atoms with Gasteiger partial charge in [-0.3, -0.25) is 4.99 Å². The second kappa shape index (κ2) is 12.8. The number of halogens is 1. The lowest BCUT2D eigenvalue weighted by Gasteiger charge is -2.26. The molecule has 1 N–H and O–H groups in total. The fraction of sp³-hybridized carbons (Fsp3) is 0.611. The molecule has 10 heteroatoms. The predicted octanol–water partition coefficient (Wildman–Crippen LogP) is 2.09. The Kier molecular flexibility index (Phi) is 11.5. The average molecular weight is 543 g/mol. The molecule has 1 saturated heterocycles. The third-order valence-corrected chi connectivity index (χ3v) is 7.05. The van der Waals surface area contributed by atoms with Gasteiger partial charge in [-0.15, -0.1) is 24.0 Å². The highest BCUT2D eigenvalue weighted by Gasteiger charge is 2.23. The molecule has 160 valence electrons. The summed E-state index contributed by atoms with van der Waals surface area (Å²) in [6.07, 6.45) is 0. The molecule has 0 aromatic heterocycles. The Morgan fingerprint density at radius 3 is 2.50 bits per heavy atom. The summed E-state index contributed by atoms with van der Waals surface area (Å²) in [7, 11) is 0.422. The van der Waals surface area contributed by atoms with Crippen LogP contribution in [0.2, 0.25) is 0 Å². The Bertz CT molecular complexity index is 708. The van der Waals surface area contributed by atoms with Gasteiger partial charge in [0.15, 0.2) is 5.96 Å². The van der Waals surface area contributed by atoms with E-state index in [1.165, 1.54) is 0 Å². The van der Waals surface area contributed by atoms with Crippen LogP contribution in [0.4, 0.5) is 0 Å². The molecule has 1 heterocycles. The van der Waals surface area contributed by atoms with Crippen LogP contribution in [0.15, 0.2) is 29.3 Å². The minimum atomic E-state index is -3.21. The van der Waals surface area contributed by atoms with Crippen molar-refractivity contribution < 1.29 is 13.2 Å². The Hall–Kier alpha value is -0.720. The molecule has 1 fully saturated rings. The molecule has 0 amide bonds. The lowest BCUT2D eigenvalue weighted by atomic mass is 10.2. The SMILES string of the molecule is CCOc1ccc(CN(C)C(=NC)NCCS(=O)(=O)N2CCSCC2)cc1.I. The molecule has 0 aliphatic carbocycles. The van der Waals surface area contributed by atoms with Crippen LogP contribution in [0.25, 0.3) is 0 Å². The number of benzene rings is 1. The minimum Gasteiger partial charge on any atom is -0.494 e. The van der Waals surface area contributed by atoms with Crippen LogP contribution in [0, 0.1) is 0 Å². The van der Waals surface area contributed by atoms with Gasteiger partial charge in [-0.2, -0.15) is 11.8 Å². The summed E-state index contributed by atoms with van der Waals surface area (Å²) in [5, 5.41) is 3.16. The van der Waals surface area contributed by atoms with E-state index >= 15 is 0 Å². The standard InChI is InChI=1S/C18H30N4O3S2.HI/c1-4-25-17-7-5-16(6-8-17)15-21(3)18(19-2)20-9-14-27(23,24)22-10-12-26-13-11-22;/h5-8H,4,9-15H2,1-3H3,(H,19,20);1H. The van der Waals surface area contributed by atoms with Gasteiger partial charge in [0.2, 0.25) is 10.0 Å². The zero-order valence-corrected chi connectivity index (χ0v) is 20.7. The average Bonchev–Trinajstić information content (AvgIpc) is 2.67. The molecule has 1 aromatic rings. The number of thioether (sulfide) groups is 1. The van der Waals surface area contributed by atoms with Gasteiger partial charge >= 0.3 is 0 Å². The third-order valence-electron chi connectivity index (χ3n) is 4.23. The number of hydrogen-bond acceptors (Lipinski definition) is 5. The van der Waals surface area contributed by atoms with Gasteiger partial charge < -0.3 is 15.0 Å². The van der Waals surface area contributed by atoms with E-state index in [0.29, 0.717) is 38.7 Å². The summed E-state index contributed by atoms with van der Waals surface area (Å²) >= 11 is 1.80. The van der Waals surface area contributed by atoms with Gasteiger partial charge in [0.05, 0.1) is 12.4 Å². The van der Waals surface area contributed by atoms with Crippen molar-refractivity contribution in [1.29, 1.82) is 0 Å². The molecule has 0 radical (unpaired) electrons. The summed E-state index contributed by atoms with van der Waals surface area (Å²) < 4.78 is 31.9. The summed E-state index contributed by atoms with van der Waals surface area (Å²) in [6.45, 7) is 4.84. The van der Waals surface area contributed by atoms with E-state index in [4.69, 9.17) is 4.74 Å². The summed E-state index contributed by atoms with van der Waals surface area (Å²) in [4.78, 5) is 6.23. The molecule has 2 rings (SSSR count). The van der Waals surface area contributed by atoms with Crippen molar-refractivity contribution in [2.45, 2.75) is 13.5 Å². The van der Waals surface area contributed by atoms with Crippen molar-refractivity contribution in [3.05, 3.63) is 29.8 Å². The molecule has 0 saturated carbocycles. The molecule has 0 atom stereocenters. The molecule has 0 bridgehead atoms. The second-order valence-electron chi connectivity index (χ2n) is 6.23. The number of sulfonamides is 1. The van der Waals surface area contributed by atoms with Crippen molar-refractivity contribution >= 4 is 51.7 Å². The van der Waals surface area contributed by atoms with Gasteiger partial charge in [0.25, 0.3) is 0 Å². The van der Waals surface area contributed by atoms with E-state index in [2.05, 4.69) is 10.3 Å². The van der Waals surface area contributed by atoms with Crippen LogP contribution in [0.3, 0.4) is 0 Å². The largest absolute Gasteiger partial charge is 0.494 e. The number of aliphatic imine (C=N–C) groups is 1. The molecule has 1 aliphatic rings. The molecule has 28 heavy (non-hydrogen) atoms. The summed E-state index contributed by atoms with van der Waals surface area (Å²) in [5.41, 5.74) is 1.13. The van der Waals surface area contributed by atoms with E-state index in [9.17, 15) is 8.42 Å². The van der Waals surface area contributed by atoms with Gasteiger partial charge in [0, 0.05) is 51.8 Å². The summed E-state index contributed by atoms with van der Waals surface area (Å²) in [5.74, 6) is 3.35. The van der Waals surface area contributed by atoms with Crippen LogP contribution in [0.1, 0.15) is 12.5 Å². The van der Waals surface area contributed by atoms with Crippen LogP contribution in [-0.4, -0.2) is 81.2 Å². The van der Waals surface area contributed by atoms with Gasteiger partial charge in [-0.1, -0.05) is 12.1 Å². The Balaban J connectivity index is 0.00000392. The lowest BCUT2D eigenvalue weighted by molar-refractivity contribution is 0.340. The maximum Gasteiger partial charge on any atom is 0.215 e. The fourth-order valence-electron chi connectivity index (χ4n) is 2.84. The number of hydrogen-bond donors (Lipinski definition) is 1. The molecular formula is C18H31IN4O3S2. The highest BCUT2D eigenvalue weighted by Crippen LogP contribution is 2.14. The van der Waals surface area contributed by atoms with Gasteiger partial charge in [-0.05, 0) is 24.6 Å². The zero-order chi connectivity index (χ0) is 19.7. The minimum absolute atomic E-state index is 0. The third kappa shape index (κ3) is 7.96. The van der Waals surface area contributed by atoms with Crippen molar-refractivity contribution in [1.82, 2.24) is 14.5 Å². The van der Waals surface area contributed by atoms with E-state index in [-0.39, 0.29) is 29.7 Å². The van der Waals surface area contributed by atoms with Crippen molar-refractivity contribution in [2.75, 3.05) is 57.6 Å². The number of guanidine groups is 1. The molecule has 1 aliphatic heterocycles. The van der Waals surface area contributed by atoms with Crippen LogP contribution in [0.5, 0.6) is 5.75 Å². The first-order valence-corrected chi connectivity index (χ1v) is 11.9.